The van der Waals surface area contributed by atoms with Crippen LogP contribution in [-0.4, -0.2) is 39.2 Å². The lowest BCUT2D eigenvalue weighted by Crippen LogP contribution is -2.34. The van der Waals surface area contributed by atoms with Gasteiger partial charge in [0.15, 0.2) is 12.4 Å². The summed E-state index contributed by atoms with van der Waals surface area (Å²) in [5.74, 6) is -3.04. The Balaban J connectivity index is 1.55. The number of carbonyl (C=O) groups is 3. The number of amides is 2. The highest BCUT2D eigenvalue weighted by atomic mass is 19.4. The summed E-state index contributed by atoms with van der Waals surface area (Å²) in [5.41, 5.74) is -0.168. The third-order valence-electron chi connectivity index (χ3n) is 4.86. The van der Waals surface area contributed by atoms with E-state index in [2.05, 4.69) is 15.4 Å². The molecule has 3 aromatic carbocycles. The number of rotatable bonds is 6. The van der Waals surface area contributed by atoms with Gasteiger partial charge in [-0.25, -0.2) is 14.5 Å². The summed E-state index contributed by atoms with van der Waals surface area (Å²) in [5, 5.41) is 6.12. The average Bonchev–Trinajstić information content (AvgIpc) is 3.34. The maximum absolute atomic E-state index is 13.2. The van der Waals surface area contributed by atoms with E-state index in [9.17, 15) is 27.6 Å². The lowest BCUT2D eigenvalue weighted by atomic mass is 10.2. The highest BCUT2D eigenvalue weighted by Crippen LogP contribution is 2.31. The van der Waals surface area contributed by atoms with Crippen LogP contribution in [0, 0.1) is 0 Å². The molecule has 0 fully saturated rings. The molecule has 1 N–H and O–H groups in total. The standard InChI is InChI=1S/C25H17F3N4O4/c26-25(27,28)18-12-7-13-19(14-18)32-22(16-8-3-1-4-9-16)30-21(31-32)24(35)36-15-20(33)29-23(34)17-10-5-2-6-11-17/h1-14H,15H2,(H,29,33,34). The van der Waals surface area contributed by atoms with Gasteiger partial charge in [-0.1, -0.05) is 54.6 Å². The topological polar surface area (TPSA) is 103 Å². The van der Waals surface area contributed by atoms with E-state index in [-0.39, 0.29) is 17.1 Å². The van der Waals surface area contributed by atoms with E-state index in [1.165, 1.54) is 24.3 Å². The van der Waals surface area contributed by atoms with E-state index in [0.717, 1.165) is 16.8 Å². The maximum atomic E-state index is 13.2. The first kappa shape index (κ1) is 24.3. The Labute approximate surface area is 202 Å². The number of imide groups is 1. The number of esters is 1. The third kappa shape index (κ3) is 5.63. The van der Waals surface area contributed by atoms with Gasteiger partial charge in [-0.15, -0.1) is 5.10 Å². The number of carbonyl (C=O) groups excluding carboxylic acids is 3. The Morgan fingerprint density at radius 2 is 1.56 bits per heavy atom. The minimum Gasteiger partial charge on any atom is -0.450 e. The smallest absolute Gasteiger partial charge is 0.416 e. The van der Waals surface area contributed by atoms with Crippen molar-refractivity contribution >= 4 is 17.8 Å². The molecular formula is C25H17F3N4O4. The number of nitrogens with zero attached hydrogens (tertiary/aromatic N) is 3. The van der Waals surface area contributed by atoms with Crippen molar-refractivity contribution in [2.24, 2.45) is 0 Å². The van der Waals surface area contributed by atoms with Crippen molar-refractivity contribution in [3.05, 3.63) is 102 Å². The fourth-order valence-electron chi connectivity index (χ4n) is 3.19. The highest BCUT2D eigenvalue weighted by Gasteiger charge is 2.31. The van der Waals surface area contributed by atoms with Crippen molar-refractivity contribution in [2.75, 3.05) is 6.61 Å². The summed E-state index contributed by atoms with van der Waals surface area (Å²) in [4.78, 5) is 40.8. The second kappa shape index (κ2) is 10.2. The van der Waals surface area contributed by atoms with Crippen LogP contribution >= 0.6 is 0 Å². The van der Waals surface area contributed by atoms with Crippen LogP contribution in [0.1, 0.15) is 26.5 Å². The van der Waals surface area contributed by atoms with Crippen LogP contribution in [0.15, 0.2) is 84.9 Å². The molecule has 0 saturated heterocycles. The van der Waals surface area contributed by atoms with Crippen molar-refractivity contribution in [1.82, 2.24) is 20.1 Å². The van der Waals surface area contributed by atoms with Gasteiger partial charge in [0.05, 0.1) is 11.3 Å². The molecule has 4 rings (SSSR count). The number of aromatic nitrogens is 3. The molecule has 4 aromatic rings. The molecule has 11 heteroatoms. The largest absolute Gasteiger partial charge is 0.450 e. The molecule has 182 valence electrons. The van der Waals surface area contributed by atoms with E-state index in [4.69, 9.17) is 4.74 Å². The lowest BCUT2D eigenvalue weighted by Gasteiger charge is -2.10. The van der Waals surface area contributed by atoms with Crippen molar-refractivity contribution in [3.63, 3.8) is 0 Å². The molecule has 0 saturated carbocycles. The summed E-state index contributed by atoms with van der Waals surface area (Å²) in [7, 11) is 0. The van der Waals surface area contributed by atoms with Gasteiger partial charge < -0.3 is 4.74 Å². The number of benzene rings is 3. The SMILES string of the molecule is O=C(COC(=O)c1nc(-c2ccccc2)n(-c2cccc(C(F)(F)F)c2)n1)NC(=O)c1ccccc1. The minimum absolute atomic E-state index is 0.0152. The molecule has 1 aromatic heterocycles. The van der Waals surface area contributed by atoms with Gasteiger partial charge in [-0.3, -0.25) is 14.9 Å². The summed E-state index contributed by atoms with van der Waals surface area (Å²) < 4.78 is 45.7. The molecule has 0 aliphatic rings. The average molecular weight is 494 g/mol. The summed E-state index contributed by atoms with van der Waals surface area (Å²) in [6.07, 6.45) is -4.59. The zero-order valence-corrected chi connectivity index (χ0v) is 18.4. The van der Waals surface area contributed by atoms with Crippen molar-refractivity contribution in [2.45, 2.75) is 6.18 Å². The van der Waals surface area contributed by atoms with E-state index in [1.54, 1.807) is 48.5 Å². The van der Waals surface area contributed by atoms with Gasteiger partial charge >= 0.3 is 12.1 Å². The van der Waals surface area contributed by atoms with Gasteiger partial charge in [-0.05, 0) is 30.3 Å². The van der Waals surface area contributed by atoms with Gasteiger partial charge in [-0.2, -0.15) is 13.2 Å². The Bertz CT molecular complexity index is 1400. The second-order valence-electron chi connectivity index (χ2n) is 7.40. The van der Waals surface area contributed by atoms with Crippen molar-refractivity contribution < 1.29 is 32.3 Å². The molecule has 0 radical (unpaired) electrons. The Morgan fingerprint density at radius 1 is 0.889 bits per heavy atom. The Morgan fingerprint density at radius 3 is 2.22 bits per heavy atom. The predicted octanol–water partition coefficient (Wildman–Crippen LogP) is 4.07. The van der Waals surface area contributed by atoms with E-state index < -0.39 is 42.0 Å². The summed E-state index contributed by atoms with van der Waals surface area (Å²) >= 11 is 0. The summed E-state index contributed by atoms with van der Waals surface area (Å²) in [6, 6.07) is 20.7. The van der Waals surface area contributed by atoms with Gasteiger partial charge in [0.25, 0.3) is 17.6 Å². The third-order valence-corrected chi connectivity index (χ3v) is 4.86. The second-order valence-corrected chi connectivity index (χ2v) is 7.40. The number of nitrogens with one attached hydrogen (secondary N) is 1. The molecule has 2 amide bonds. The lowest BCUT2D eigenvalue weighted by molar-refractivity contribution is -0.137. The first-order chi connectivity index (χ1) is 17.2. The normalized spacial score (nSPS) is 11.1. The first-order valence-corrected chi connectivity index (χ1v) is 10.5. The summed E-state index contributed by atoms with van der Waals surface area (Å²) in [6.45, 7) is -0.795. The molecule has 8 nitrogen and oxygen atoms in total. The molecule has 0 spiro atoms. The molecule has 0 bridgehead atoms. The number of alkyl halides is 3. The molecular weight excluding hydrogens is 477 g/mol. The van der Waals surface area contributed by atoms with Gasteiger partial charge in [0, 0.05) is 11.1 Å². The monoisotopic (exact) mass is 494 g/mol. The fourth-order valence-corrected chi connectivity index (χ4v) is 3.19. The van der Waals surface area contributed by atoms with Crippen LogP contribution in [-0.2, 0) is 15.7 Å². The van der Waals surface area contributed by atoms with Gasteiger partial charge in [0.1, 0.15) is 0 Å². The molecule has 1 heterocycles. The van der Waals surface area contributed by atoms with Crippen LogP contribution in [0.25, 0.3) is 17.1 Å². The fraction of sp³-hybridized carbons (Fsp3) is 0.0800. The quantitative estimate of drug-likeness (QED) is 0.406. The Kier molecular flexibility index (Phi) is 6.91. The molecule has 0 aliphatic heterocycles. The van der Waals surface area contributed by atoms with Crippen LogP contribution in [0.2, 0.25) is 0 Å². The Hall–Kier alpha value is -4.80. The van der Waals surface area contributed by atoms with Crippen LogP contribution in [0.5, 0.6) is 0 Å². The van der Waals surface area contributed by atoms with E-state index >= 15 is 0 Å². The van der Waals surface area contributed by atoms with Crippen LogP contribution in [0.3, 0.4) is 0 Å². The number of hydrogen-bond donors (Lipinski definition) is 1. The molecule has 0 unspecified atom stereocenters. The van der Waals surface area contributed by atoms with Crippen molar-refractivity contribution in [3.8, 4) is 17.1 Å². The first-order valence-electron chi connectivity index (χ1n) is 10.5. The van der Waals surface area contributed by atoms with Crippen molar-refractivity contribution in [1.29, 1.82) is 0 Å². The van der Waals surface area contributed by atoms with Crippen LogP contribution in [0.4, 0.5) is 13.2 Å². The van der Waals surface area contributed by atoms with Crippen LogP contribution < -0.4 is 5.32 Å². The van der Waals surface area contributed by atoms with E-state index in [1.807, 2.05) is 0 Å². The molecule has 0 aliphatic carbocycles. The predicted molar refractivity (Wildman–Crippen MR) is 121 cm³/mol. The maximum Gasteiger partial charge on any atom is 0.416 e. The number of halogens is 3. The molecule has 0 atom stereocenters. The number of hydrogen-bond acceptors (Lipinski definition) is 6. The molecule has 36 heavy (non-hydrogen) atoms. The van der Waals surface area contributed by atoms with E-state index in [0.29, 0.717) is 5.56 Å². The zero-order valence-electron chi connectivity index (χ0n) is 18.4. The highest BCUT2D eigenvalue weighted by molar-refractivity contribution is 6.05. The minimum atomic E-state index is -4.59. The van der Waals surface area contributed by atoms with Gasteiger partial charge in [0.2, 0.25) is 0 Å². The zero-order chi connectivity index (χ0) is 25.7. The number of ether oxygens (including phenoxy) is 1.